The molecule has 0 aliphatic heterocycles. The highest BCUT2D eigenvalue weighted by Gasteiger charge is 2.19. The zero-order chi connectivity index (χ0) is 17.0. The highest BCUT2D eigenvalue weighted by molar-refractivity contribution is 6.76. The minimum atomic E-state index is -1.14. The lowest BCUT2D eigenvalue weighted by Crippen LogP contribution is -2.22. The van der Waals surface area contributed by atoms with E-state index < -0.39 is 14.0 Å². The van der Waals surface area contributed by atoms with Crippen LogP contribution in [-0.2, 0) is 16.2 Å². The number of nitrogens with zero attached hydrogens (tertiary/aromatic N) is 3. The van der Waals surface area contributed by atoms with E-state index in [4.69, 9.17) is 9.47 Å². The van der Waals surface area contributed by atoms with E-state index in [1.807, 2.05) is 6.07 Å². The molecule has 0 fully saturated rings. The number of hydrogen-bond acceptors (Lipinski definition) is 5. The van der Waals surface area contributed by atoms with Gasteiger partial charge in [0, 0.05) is 20.9 Å². The fourth-order valence-electron chi connectivity index (χ4n) is 2.05. The number of aromatic nitrogens is 3. The first-order valence-corrected chi connectivity index (χ1v) is 11.2. The molecule has 0 saturated heterocycles. The minimum absolute atomic E-state index is 0.243. The summed E-state index contributed by atoms with van der Waals surface area (Å²) in [6.07, 6.45) is 3.37. The van der Waals surface area contributed by atoms with Gasteiger partial charge in [0.15, 0.2) is 11.3 Å². The number of esters is 1. The summed E-state index contributed by atoms with van der Waals surface area (Å²) >= 11 is 0. The molecule has 0 saturated carbocycles. The average Bonchev–Trinajstić information content (AvgIpc) is 2.87. The average molecular weight is 333 g/mol. The van der Waals surface area contributed by atoms with Crippen molar-refractivity contribution in [2.45, 2.75) is 32.4 Å². The number of carbonyl (C=O) groups is 1. The fraction of sp³-hybridized carbons (Fsp3) is 0.438. The number of methoxy groups -OCH3 is 1. The van der Waals surface area contributed by atoms with Gasteiger partial charge in [-0.25, -0.2) is 14.5 Å². The maximum absolute atomic E-state index is 11.9. The molecule has 124 valence electrons. The third-order valence-electron chi connectivity index (χ3n) is 3.43. The van der Waals surface area contributed by atoms with Crippen LogP contribution in [0.4, 0.5) is 0 Å². The third kappa shape index (κ3) is 4.26. The van der Waals surface area contributed by atoms with E-state index in [0.717, 1.165) is 11.6 Å². The normalized spacial score (nSPS) is 11.7. The summed E-state index contributed by atoms with van der Waals surface area (Å²) in [6.45, 7) is 11.6. The zero-order valence-corrected chi connectivity index (χ0v) is 15.1. The van der Waals surface area contributed by atoms with Gasteiger partial charge in [0.1, 0.15) is 6.73 Å². The van der Waals surface area contributed by atoms with Gasteiger partial charge in [-0.15, -0.1) is 0 Å². The van der Waals surface area contributed by atoms with Crippen LogP contribution in [0.3, 0.4) is 0 Å². The Morgan fingerprint density at radius 2 is 2.17 bits per heavy atom. The number of carbonyl (C=O) groups excluding carboxylic acids is 1. The molecule has 2 rings (SSSR count). The lowest BCUT2D eigenvalue weighted by molar-refractivity contribution is 0.0585. The number of pyridine rings is 1. The maximum atomic E-state index is 11.9. The topological polar surface area (TPSA) is 66.2 Å². The van der Waals surface area contributed by atoms with E-state index in [9.17, 15) is 4.79 Å². The lowest BCUT2D eigenvalue weighted by atomic mass is 10.2. The van der Waals surface area contributed by atoms with Gasteiger partial charge >= 0.3 is 5.97 Å². The van der Waals surface area contributed by atoms with E-state index in [-0.39, 0.29) is 12.4 Å². The van der Waals surface area contributed by atoms with Crippen LogP contribution in [0.25, 0.3) is 17.1 Å². The van der Waals surface area contributed by atoms with E-state index in [0.29, 0.717) is 17.6 Å². The molecule has 2 aromatic rings. The quantitative estimate of drug-likeness (QED) is 0.442. The lowest BCUT2D eigenvalue weighted by Gasteiger charge is -2.15. The highest BCUT2D eigenvalue weighted by atomic mass is 28.3. The molecule has 0 amide bonds. The summed E-state index contributed by atoms with van der Waals surface area (Å²) in [5.74, 6) is -0.487. The zero-order valence-electron chi connectivity index (χ0n) is 14.1. The Hall–Kier alpha value is -1.99. The fourth-order valence-corrected chi connectivity index (χ4v) is 2.81. The largest absolute Gasteiger partial charge is 0.464 e. The van der Waals surface area contributed by atoms with Crippen LogP contribution in [0, 0.1) is 0 Å². The Bertz CT molecular complexity index is 719. The Morgan fingerprint density at radius 3 is 2.78 bits per heavy atom. The van der Waals surface area contributed by atoms with Crippen molar-refractivity contribution in [2.24, 2.45) is 0 Å². The smallest absolute Gasteiger partial charge is 0.359 e. The Kier molecular flexibility index (Phi) is 5.33. The molecule has 0 spiro atoms. The van der Waals surface area contributed by atoms with Crippen molar-refractivity contribution >= 4 is 31.2 Å². The van der Waals surface area contributed by atoms with Crippen LogP contribution in [0.5, 0.6) is 0 Å². The first-order valence-electron chi connectivity index (χ1n) is 7.51. The summed E-state index contributed by atoms with van der Waals surface area (Å²) in [5, 5.41) is 4.94. The number of hydrogen-bond donors (Lipinski definition) is 0. The molecule has 0 atom stereocenters. The first-order chi connectivity index (χ1) is 10.9. The second kappa shape index (κ2) is 7.06. The summed E-state index contributed by atoms with van der Waals surface area (Å²) < 4.78 is 12.1. The molecule has 2 aromatic heterocycles. The molecule has 0 radical (unpaired) electrons. The van der Waals surface area contributed by atoms with E-state index in [1.54, 1.807) is 17.0 Å². The van der Waals surface area contributed by atoms with Crippen LogP contribution in [0.1, 0.15) is 16.1 Å². The summed E-state index contributed by atoms with van der Waals surface area (Å²) in [7, 11) is 0.200. The highest BCUT2D eigenvalue weighted by Crippen LogP contribution is 2.20. The molecule has 0 N–H and O–H groups in total. The molecular formula is C16H23N3O3Si. The molecule has 0 unspecified atom stereocenters. The SMILES string of the molecule is C=Cc1cnc2c(c1)c(C(=O)OC)nn2COCC[Si](C)(C)C. The van der Waals surface area contributed by atoms with Gasteiger partial charge in [-0.2, -0.15) is 5.10 Å². The van der Waals surface area contributed by atoms with Crippen LogP contribution in [0.2, 0.25) is 25.7 Å². The molecular weight excluding hydrogens is 310 g/mol. The van der Waals surface area contributed by atoms with E-state index in [1.165, 1.54) is 7.11 Å². The number of fused-ring (bicyclic) bond motifs is 1. The Morgan fingerprint density at radius 1 is 1.43 bits per heavy atom. The van der Waals surface area contributed by atoms with Crippen LogP contribution in [0.15, 0.2) is 18.8 Å². The van der Waals surface area contributed by atoms with Gasteiger partial charge < -0.3 is 9.47 Å². The van der Waals surface area contributed by atoms with Gasteiger partial charge in [-0.05, 0) is 17.7 Å². The van der Waals surface area contributed by atoms with E-state index >= 15 is 0 Å². The first kappa shape index (κ1) is 17.4. The van der Waals surface area contributed by atoms with Crippen molar-refractivity contribution in [3.63, 3.8) is 0 Å². The standard InChI is InChI=1S/C16H23N3O3Si/c1-6-12-9-13-14(16(20)21-2)18-19(15(13)17-10-12)11-22-7-8-23(3,4)5/h6,9-10H,1,7-8,11H2,2-5H3. The van der Waals surface area contributed by atoms with Crippen molar-refractivity contribution in [2.75, 3.05) is 13.7 Å². The van der Waals surface area contributed by atoms with Crippen LogP contribution < -0.4 is 0 Å². The number of rotatable bonds is 7. The molecule has 0 bridgehead atoms. The second-order valence-electron chi connectivity index (χ2n) is 6.53. The van der Waals surface area contributed by atoms with Crippen molar-refractivity contribution in [1.29, 1.82) is 0 Å². The second-order valence-corrected chi connectivity index (χ2v) is 12.2. The van der Waals surface area contributed by atoms with Crippen LogP contribution >= 0.6 is 0 Å². The molecule has 2 heterocycles. The van der Waals surface area contributed by atoms with Crippen molar-refractivity contribution in [1.82, 2.24) is 14.8 Å². The number of ether oxygens (including phenoxy) is 2. The molecule has 0 aliphatic carbocycles. The summed E-state index contributed by atoms with van der Waals surface area (Å²) in [4.78, 5) is 16.3. The van der Waals surface area contributed by atoms with Gasteiger partial charge in [-0.1, -0.05) is 32.3 Å². The third-order valence-corrected chi connectivity index (χ3v) is 5.14. The van der Waals surface area contributed by atoms with Crippen LogP contribution in [-0.4, -0.2) is 42.5 Å². The molecule has 23 heavy (non-hydrogen) atoms. The molecule has 0 aromatic carbocycles. The van der Waals surface area contributed by atoms with Gasteiger partial charge in [-0.3, -0.25) is 0 Å². The van der Waals surface area contributed by atoms with Crippen molar-refractivity contribution < 1.29 is 14.3 Å². The maximum Gasteiger partial charge on any atom is 0.359 e. The van der Waals surface area contributed by atoms with Crippen molar-refractivity contribution in [3.8, 4) is 0 Å². The summed E-state index contributed by atoms with van der Waals surface area (Å²) in [5.41, 5.74) is 1.67. The minimum Gasteiger partial charge on any atom is -0.464 e. The van der Waals surface area contributed by atoms with Gasteiger partial charge in [0.2, 0.25) is 0 Å². The monoisotopic (exact) mass is 333 g/mol. The predicted molar refractivity (Wildman–Crippen MR) is 93.1 cm³/mol. The summed E-state index contributed by atoms with van der Waals surface area (Å²) in [6, 6.07) is 2.90. The van der Waals surface area contributed by atoms with Crippen molar-refractivity contribution in [3.05, 3.63) is 30.1 Å². The Labute approximate surface area is 137 Å². The van der Waals surface area contributed by atoms with E-state index in [2.05, 4.69) is 36.3 Å². The molecule has 7 heteroatoms. The predicted octanol–water partition coefficient (Wildman–Crippen LogP) is 3.17. The van der Waals surface area contributed by atoms with Gasteiger partial charge in [0.25, 0.3) is 0 Å². The molecule has 6 nitrogen and oxygen atoms in total. The Balaban J connectivity index is 2.26. The molecule has 0 aliphatic rings. The van der Waals surface area contributed by atoms with Gasteiger partial charge in [0.05, 0.1) is 12.5 Å².